The van der Waals surface area contributed by atoms with Crippen molar-refractivity contribution in [2.24, 2.45) is 0 Å². The molecule has 0 spiro atoms. The SMILES string of the molecule is CCc1ccccc1C(=O)c1cnc2cc(OCc3ccccc3)ccc2c1Oc1ccc(/C=C(\C)C(=O)O)cc1C. The number of carbonyl (C=O) groups is 2. The number of hydrogen-bond donors (Lipinski definition) is 1. The number of aryl methyl sites for hydroxylation is 2. The van der Waals surface area contributed by atoms with Crippen molar-refractivity contribution >= 4 is 28.7 Å². The molecule has 0 radical (unpaired) electrons. The Balaban J connectivity index is 1.56. The Bertz CT molecular complexity index is 1810. The van der Waals surface area contributed by atoms with E-state index in [1.807, 2.05) is 92.7 Å². The molecule has 4 aromatic carbocycles. The van der Waals surface area contributed by atoms with Gasteiger partial charge in [0.1, 0.15) is 23.9 Å². The summed E-state index contributed by atoms with van der Waals surface area (Å²) in [6.45, 7) is 5.87. The third-order valence-corrected chi connectivity index (χ3v) is 7.06. The van der Waals surface area contributed by atoms with Crippen LogP contribution in [0.3, 0.4) is 0 Å². The second kappa shape index (κ2) is 12.5. The summed E-state index contributed by atoms with van der Waals surface area (Å²) in [4.78, 5) is 29.8. The van der Waals surface area contributed by atoms with Crippen LogP contribution < -0.4 is 9.47 Å². The number of carbonyl (C=O) groups excluding carboxylic acids is 1. The van der Waals surface area contributed by atoms with Crippen LogP contribution >= 0.6 is 0 Å². The summed E-state index contributed by atoms with van der Waals surface area (Å²) in [5, 5.41) is 9.92. The molecule has 0 saturated heterocycles. The van der Waals surface area contributed by atoms with Crippen molar-refractivity contribution in [3.05, 3.63) is 136 Å². The Morgan fingerprint density at radius 1 is 0.905 bits per heavy atom. The lowest BCUT2D eigenvalue weighted by Gasteiger charge is -2.17. The maximum Gasteiger partial charge on any atom is 0.331 e. The molecule has 6 heteroatoms. The highest BCUT2D eigenvalue weighted by atomic mass is 16.5. The molecular formula is C36H31NO5. The molecule has 0 aliphatic carbocycles. The van der Waals surface area contributed by atoms with Gasteiger partial charge in [-0.05, 0) is 72.9 Å². The van der Waals surface area contributed by atoms with Gasteiger partial charge < -0.3 is 14.6 Å². The standard InChI is InChI=1S/C36H31NO5/c1-4-27-12-8-9-13-29(27)34(38)31-21-37-32-20-28(41-22-25-10-6-5-7-11-25)15-16-30(32)35(31)42-33-17-14-26(18-23(33)2)19-24(3)36(39)40/h5-21H,4,22H2,1-3H3,(H,39,40)/b24-19+. The molecule has 0 atom stereocenters. The number of aliphatic carboxylic acids is 1. The Labute approximate surface area is 244 Å². The Kier molecular flexibility index (Phi) is 8.44. The Morgan fingerprint density at radius 3 is 2.40 bits per heavy atom. The van der Waals surface area contributed by atoms with Crippen molar-refractivity contribution in [2.45, 2.75) is 33.8 Å². The van der Waals surface area contributed by atoms with E-state index in [4.69, 9.17) is 9.47 Å². The minimum atomic E-state index is -0.973. The summed E-state index contributed by atoms with van der Waals surface area (Å²) in [5.41, 5.74) is 5.36. The fraction of sp³-hybridized carbons (Fsp3) is 0.139. The van der Waals surface area contributed by atoms with Crippen LogP contribution in [-0.4, -0.2) is 21.8 Å². The zero-order chi connectivity index (χ0) is 29.6. The van der Waals surface area contributed by atoms with E-state index in [-0.39, 0.29) is 11.4 Å². The van der Waals surface area contributed by atoms with Gasteiger partial charge in [0.2, 0.25) is 0 Å². The van der Waals surface area contributed by atoms with Gasteiger partial charge in [-0.3, -0.25) is 9.78 Å². The normalized spacial score (nSPS) is 11.4. The lowest BCUT2D eigenvalue weighted by atomic mass is 9.96. The van der Waals surface area contributed by atoms with E-state index in [0.717, 1.165) is 22.3 Å². The molecule has 1 aromatic heterocycles. The van der Waals surface area contributed by atoms with Crippen LogP contribution in [0.15, 0.2) is 103 Å². The summed E-state index contributed by atoms with van der Waals surface area (Å²) in [6.07, 6.45) is 3.88. The molecule has 6 nitrogen and oxygen atoms in total. The third-order valence-electron chi connectivity index (χ3n) is 7.06. The van der Waals surface area contributed by atoms with Crippen molar-refractivity contribution < 1.29 is 24.2 Å². The first-order valence-corrected chi connectivity index (χ1v) is 13.8. The number of pyridine rings is 1. The highest BCUT2D eigenvalue weighted by molar-refractivity contribution is 6.14. The predicted molar refractivity (Wildman–Crippen MR) is 164 cm³/mol. The van der Waals surface area contributed by atoms with Crippen molar-refractivity contribution in [1.82, 2.24) is 4.98 Å². The third kappa shape index (κ3) is 6.23. The number of carboxylic acid groups (broad SMARTS) is 1. The van der Waals surface area contributed by atoms with E-state index < -0.39 is 5.97 Å². The molecule has 0 amide bonds. The van der Waals surface area contributed by atoms with Crippen LogP contribution in [0.5, 0.6) is 17.2 Å². The van der Waals surface area contributed by atoms with E-state index in [1.165, 1.54) is 0 Å². The first kappa shape index (κ1) is 28.3. The summed E-state index contributed by atoms with van der Waals surface area (Å²) < 4.78 is 12.5. The average molecular weight is 558 g/mol. The molecule has 1 N–H and O–H groups in total. The number of ketones is 1. The second-order valence-electron chi connectivity index (χ2n) is 10.1. The van der Waals surface area contributed by atoms with Crippen LogP contribution in [0, 0.1) is 6.92 Å². The quantitative estimate of drug-likeness (QED) is 0.138. The van der Waals surface area contributed by atoms with E-state index >= 15 is 0 Å². The number of benzene rings is 4. The van der Waals surface area contributed by atoms with E-state index in [0.29, 0.717) is 52.3 Å². The smallest absolute Gasteiger partial charge is 0.331 e. The second-order valence-corrected chi connectivity index (χ2v) is 10.1. The number of aromatic nitrogens is 1. The molecule has 0 aliphatic rings. The van der Waals surface area contributed by atoms with Crippen molar-refractivity contribution in [1.29, 1.82) is 0 Å². The van der Waals surface area contributed by atoms with Crippen LogP contribution in [0.2, 0.25) is 0 Å². The Morgan fingerprint density at radius 2 is 1.67 bits per heavy atom. The summed E-state index contributed by atoms with van der Waals surface area (Å²) in [6, 6.07) is 28.5. The Hall–Kier alpha value is -5.23. The summed E-state index contributed by atoms with van der Waals surface area (Å²) >= 11 is 0. The van der Waals surface area contributed by atoms with Gasteiger partial charge in [0.15, 0.2) is 5.78 Å². The molecule has 1 heterocycles. The minimum absolute atomic E-state index is 0.171. The number of nitrogens with zero attached hydrogens (tertiary/aromatic N) is 1. The molecule has 42 heavy (non-hydrogen) atoms. The number of hydrogen-bond acceptors (Lipinski definition) is 5. The molecule has 210 valence electrons. The van der Waals surface area contributed by atoms with Gasteiger partial charge in [0.25, 0.3) is 0 Å². The number of rotatable bonds is 10. The average Bonchev–Trinajstić information content (AvgIpc) is 3.01. The summed E-state index contributed by atoms with van der Waals surface area (Å²) in [5.74, 6) is 0.462. The minimum Gasteiger partial charge on any atom is -0.489 e. The number of fused-ring (bicyclic) bond motifs is 1. The highest BCUT2D eigenvalue weighted by Gasteiger charge is 2.22. The van der Waals surface area contributed by atoms with Gasteiger partial charge >= 0.3 is 5.97 Å². The maximum atomic E-state index is 13.9. The molecular weight excluding hydrogens is 526 g/mol. The first-order valence-electron chi connectivity index (χ1n) is 13.8. The van der Waals surface area contributed by atoms with Gasteiger partial charge in [-0.25, -0.2) is 4.79 Å². The first-order chi connectivity index (χ1) is 20.3. The molecule has 0 unspecified atom stereocenters. The molecule has 0 fully saturated rings. The number of ether oxygens (including phenoxy) is 2. The maximum absolute atomic E-state index is 13.9. The van der Waals surface area contributed by atoms with Gasteiger partial charge in [-0.2, -0.15) is 0 Å². The predicted octanol–water partition coefficient (Wildman–Crippen LogP) is 8.20. The molecule has 5 aromatic rings. The molecule has 5 rings (SSSR count). The van der Waals surface area contributed by atoms with Gasteiger partial charge in [0, 0.05) is 28.8 Å². The molecule has 0 bridgehead atoms. The van der Waals surface area contributed by atoms with Crippen LogP contribution in [0.1, 0.15) is 52.0 Å². The zero-order valence-corrected chi connectivity index (χ0v) is 23.8. The fourth-order valence-corrected chi connectivity index (χ4v) is 4.74. The lowest BCUT2D eigenvalue weighted by molar-refractivity contribution is -0.132. The van der Waals surface area contributed by atoms with Crippen molar-refractivity contribution in [2.75, 3.05) is 0 Å². The number of carboxylic acids is 1. The van der Waals surface area contributed by atoms with Crippen molar-refractivity contribution in [3.8, 4) is 17.2 Å². The van der Waals surface area contributed by atoms with E-state index in [1.54, 1.807) is 31.3 Å². The highest BCUT2D eigenvalue weighted by Crippen LogP contribution is 2.37. The van der Waals surface area contributed by atoms with Gasteiger partial charge in [-0.15, -0.1) is 0 Å². The van der Waals surface area contributed by atoms with E-state index in [2.05, 4.69) is 4.98 Å². The monoisotopic (exact) mass is 557 g/mol. The zero-order valence-electron chi connectivity index (χ0n) is 23.8. The molecule has 0 aliphatic heterocycles. The van der Waals surface area contributed by atoms with Gasteiger partial charge in [0.05, 0.1) is 11.1 Å². The van der Waals surface area contributed by atoms with Crippen molar-refractivity contribution in [3.63, 3.8) is 0 Å². The van der Waals surface area contributed by atoms with Crippen LogP contribution in [0.25, 0.3) is 17.0 Å². The largest absolute Gasteiger partial charge is 0.489 e. The topological polar surface area (TPSA) is 85.7 Å². The fourth-order valence-electron chi connectivity index (χ4n) is 4.74. The lowest BCUT2D eigenvalue weighted by Crippen LogP contribution is -2.08. The van der Waals surface area contributed by atoms with Crippen LogP contribution in [0.4, 0.5) is 0 Å². The molecule has 0 saturated carbocycles. The van der Waals surface area contributed by atoms with Crippen LogP contribution in [-0.2, 0) is 17.8 Å². The van der Waals surface area contributed by atoms with Gasteiger partial charge in [-0.1, -0.05) is 67.6 Å². The summed E-state index contributed by atoms with van der Waals surface area (Å²) in [7, 11) is 0. The van der Waals surface area contributed by atoms with E-state index in [9.17, 15) is 14.7 Å².